The molecule has 3 heterocycles. The molecule has 5 rings (SSSR count). The molecule has 31 heavy (non-hydrogen) atoms. The fourth-order valence-corrected chi connectivity index (χ4v) is 5.34. The highest BCUT2D eigenvalue weighted by atomic mass is 32.1. The number of hydrogen-bond donors (Lipinski definition) is 0. The van der Waals surface area contributed by atoms with Crippen molar-refractivity contribution in [2.75, 3.05) is 37.6 Å². The van der Waals surface area contributed by atoms with Gasteiger partial charge in [0.1, 0.15) is 11.6 Å². The summed E-state index contributed by atoms with van der Waals surface area (Å²) in [6.45, 7) is 4.15. The molecule has 0 bridgehead atoms. The van der Waals surface area contributed by atoms with Gasteiger partial charge in [-0.25, -0.2) is 13.6 Å². The summed E-state index contributed by atoms with van der Waals surface area (Å²) in [5.41, 5.74) is 2.76. The monoisotopic (exact) mass is 443 g/mol. The quantitative estimate of drug-likeness (QED) is 0.459. The molecule has 0 radical (unpaired) electrons. The third-order valence-electron chi connectivity index (χ3n) is 6.09. The van der Waals surface area contributed by atoms with E-state index in [-0.39, 0.29) is 11.6 Å². The zero-order chi connectivity index (χ0) is 21.5. The number of oxazole rings is 1. The largest absolute Gasteiger partial charge is 0.419 e. The number of hydrogen-bond acceptors (Lipinski definition) is 5. The summed E-state index contributed by atoms with van der Waals surface area (Å²) in [5, 5.41) is 3.15. The minimum absolute atomic E-state index is 0.191. The lowest BCUT2D eigenvalue weighted by atomic mass is 10.1. The SMILES string of the molecule is Cn1c(=O)oc2c(N3CCN(CCCc4csc5ccc(F)cc45)CC3)cc(F)cc21. The summed E-state index contributed by atoms with van der Waals surface area (Å²) >= 11 is 1.66. The maximum Gasteiger partial charge on any atom is 0.419 e. The van der Waals surface area contributed by atoms with Crippen LogP contribution in [-0.4, -0.2) is 42.2 Å². The van der Waals surface area contributed by atoms with Crippen molar-refractivity contribution in [2.24, 2.45) is 7.05 Å². The standard InChI is InChI=1S/C23H23F2N3O2S/c1-26-19-12-17(25)13-20(22(19)30-23(26)29)28-9-7-27(8-10-28)6-2-3-15-14-31-21-5-4-16(24)11-18(15)21/h4-5,11-14H,2-3,6-10H2,1H3. The summed E-state index contributed by atoms with van der Waals surface area (Å²) in [6.07, 6.45) is 1.92. The number of aromatic nitrogens is 1. The van der Waals surface area contributed by atoms with E-state index in [9.17, 15) is 13.6 Å². The predicted molar refractivity (Wildman–Crippen MR) is 120 cm³/mol. The summed E-state index contributed by atoms with van der Waals surface area (Å²) in [6, 6.07) is 7.76. The van der Waals surface area contributed by atoms with E-state index in [4.69, 9.17) is 4.42 Å². The second kappa shape index (κ2) is 8.09. The second-order valence-corrected chi connectivity index (χ2v) is 8.95. The first-order valence-corrected chi connectivity index (χ1v) is 11.3. The molecule has 8 heteroatoms. The van der Waals surface area contributed by atoms with Gasteiger partial charge in [0, 0.05) is 50.1 Å². The van der Waals surface area contributed by atoms with E-state index < -0.39 is 5.76 Å². The lowest BCUT2D eigenvalue weighted by Gasteiger charge is -2.36. The molecule has 5 nitrogen and oxygen atoms in total. The minimum atomic E-state index is -0.485. The predicted octanol–water partition coefficient (Wildman–Crippen LogP) is 4.38. The van der Waals surface area contributed by atoms with E-state index in [1.54, 1.807) is 24.5 Å². The van der Waals surface area contributed by atoms with Crippen molar-refractivity contribution < 1.29 is 13.2 Å². The molecule has 0 atom stereocenters. The number of piperazine rings is 1. The Kier molecular flexibility index (Phi) is 5.27. The Bertz CT molecular complexity index is 1300. The number of rotatable bonds is 5. The Balaban J connectivity index is 1.21. The first-order chi connectivity index (χ1) is 15.0. The molecule has 0 amide bonds. The smallest absolute Gasteiger partial charge is 0.405 e. The van der Waals surface area contributed by atoms with Crippen LogP contribution in [0.2, 0.25) is 0 Å². The molecule has 1 fully saturated rings. The Morgan fingerprint density at radius 3 is 2.68 bits per heavy atom. The number of thiophene rings is 1. The maximum atomic E-state index is 14.1. The van der Waals surface area contributed by atoms with Gasteiger partial charge in [0.25, 0.3) is 0 Å². The Hall–Kier alpha value is -2.71. The fourth-order valence-electron chi connectivity index (χ4n) is 4.36. The molecule has 4 aromatic rings. The van der Waals surface area contributed by atoms with Crippen LogP contribution in [-0.2, 0) is 13.5 Å². The molecule has 162 valence electrons. The van der Waals surface area contributed by atoms with Crippen molar-refractivity contribution in [1.29, 1.82) is 0 Å². The average Bonchev–Trinajstić information content (AvgIpc) is 3.29. The highest BCUT2D eigenvalue weighted by Crippen LogP contribution is 2.29. The highest BCUT2D eigenvalue weighted by Gasteiger charge is 2.22. The van der Waals surface area contributed by atoms with E-state index in [2.05, 4.69) is 15.2 Å². The van der Waals surface area contributed by atoms with Gasteiger partial charge in [-0.15, -0.1) is 11.3 Å². The van der Waals surface area contributed by atoms with Gasteiger partial charge in [0.05, 0.1) is 11.2 Å². The average molecular weight is 444 g/mol. The van der Waals surface area contributed by atoms with Gasteiger partial charge >= 0.3 is 5.76 Å². The van der Waals surface area contributed by atoms with Crippen molar-refractivity contribution in [3.05, 3.63) is 63.5 Å². The van der Waals surface area contributed by atoms with E-state index in [1.807, 2.05) is 6.07 Å². The first-order valence-electron chi connectivity index (χ1n) is 10.4. The Morgan fingerprint density at radius 2 is 1.87 bits per heavy atom. The summed E-state index contributed by atoms with van der Waals surface area (Å²) < 4.78 is 35.5. The lowest BCUT2D eigenvalue weighted by molar-refractivity contribution is 0.255. The van der Waals surface area contributed by atoms with Crippen molar-refractivity contribution in [3.63, 3.8) is 0 Å². The number of anilines is 1. The maximum absolute atomic E-state index is 14.1. The van der Waals surface area contributed by atoms with Crippen LogP contribution < -0.4 is 10.7 Å². The molecule has 1 aliphatic heterocycles. The fraction of sp³-hybridized carbons (Fsp3) is 0.348. The zero-order valence-electron chi connectivity index (χ0n) is 17.2. The summed E-state index contributed by atoms with van der Waals surface area (Å²) in [7, 11) is 1.58. The van der Waals surface area contributed by atoms with Gasteiger partial charge < -0.3 is 9.32 Å². The third-order valence-corrected chi connectivity index (χ3v) is 7.10. The van der Waals surface area contributed by atoms with Gasteiger partial charge in [-0.05, 0) is 53.9 Å². The third kappa shape index (κ3) is 3.85. The zero-order valence-corrected chi connectivity index (χ0v) is 18.1. The highest BCUT2D eigenvalue weighted by molar-refractivity contribution is 7.17. The Morgan fingerprint density at radius 1 is 1.06 bits per heavy atom. The Labute approximate surface area is 182 Å². The number of benzene rings is 2. The van der Waals surface area contributed by atoms with Crippen LogP contribution in [0.3, 0.4) is 0 Å². The summed E-state index contributed by atoms with van der Waals surface area (Å²) in [5.74, 6) is -1.05. The molecule has 0 saturated carbocycles. The molecule has 0 N–H and O–H groups in total. The number of nitrogens with zero attached hydrogens (tertiary/aromatic N) is 3. The van der Waals surface area contributed by atoms with Crippen LogP contribution in [0.25, 0.3) is 21.2 Å². The van der Waals surface area contributed by atoms with Crippen LogP contribution in [0.15, 0.2) is 44.9 Å². The van der Waals surface area contributed by atoms with Gasteiger partial charge in [-0.1, -0.05) is 0 Å². The number of aryl methyl sites for hydroxylation is 2. The van der Waals surface area contributed by atoms with E-state index >= 15 is 0 Å². The molecule has 1 aliphatic rings. The van der Waals surface area contributed by atoms with Gasteiger partial charge in [-0.2, -0.15) is 0 Å². The number of fused-ring (bicyclic) bond motifs is 2. The molecule has 1 saturated heterocycles. The molecular weight excluding hydrogens is 420 g/mol. The van der Waals surface area contributed by atoms with Crippen LogP contribution in [0.4, 0.5) is 14.5 Å². The van der Waals surface area contributed by atoms with Crippen molar-refractivity contribution in [2.45, 2.75) is 12.8 Å². The van der Waals surface area contributed by atoms with Crippen molar-refractivity contribution in [1.82, 2.24) is 9.47 Å². The summed E-state index contributed by atoms with van der Waals surface area (Å²) in [4.78, 5) is 16.4. The molecule has 2 aromatic heterocycles. The molecule has 0 aliphatic carbocycles. The van der Waals surface area contributed by atoms with E-state index in [0.717, 1.165) is 55.7 Å². The van der Waals surface area contributed by atoms with Crippen LogP contribution in [0, 0.1) is 11.6 Å². The van der Waals surface area contributed by atoms with Gasteiger partial charge in [0.2, 0.25) is 0 Å². The van der Waals surface area contributed by atoms with Crippen LogP contribution in [0.5, 0.6) is 0 Å². The van der Waals surface area contributed by atoms with Gasteiger partial charge in [-0.3, -0.25) is 9.47 Å². The first kappa shape index (κ1) is 20.2. The van der Waals surface area contributed by atoms with Crippen molar-refractivity contribution in [3.8, 4) is 0 Å². The topological polar surface area (TPSA) is 41.6 Å². The van der Waals surface area contributed by atoms with Gasteiger partial charge in [0.15, 0.2) is 5.58 Å². The molecule has 2 aromatic carbocycles. The minimum Gasteiger partial charge on any atom is -0.405 e. The number of halogens is 2. The van der Waals surface area contributed by atoms with E-state index in [0.29, 0.717) is 16.8 Å². The molecule has 0 unspecified atom stereocenters. The lowest BCUT2D eigenvalue weighted by Crippen LogP contribution is -2.46. The van der Waals surface area contributed by atoms with Crippen molar-refractivity contribution >= 4 is 38.2 Å². The molecular formula is C23H23F2N3O2S. The molecule has 0 spiro atoms. The second-order valence-electron chi connectivity index (χ2n) is 8.03. The van der Waals surface area contributed by atoms with Crippen LogP contribution in [0.1, 0.15) is 12.0 Å². The normalized spacial score (nSPS) is 15.4. The van der Waals surface area contributed by atoms with Crippen LogP contribution >= 0.6 is 11.3 Å². The van der Waals surface area contributed by atoms with E-state index in [1.165, 1.54) is 28.3 Å².